The molecule has 3 aromatic rings. The molecule has 2 aromatic heterocycles. The van der Waals surface area contributed by atoms with Gasteiger partial charge in [0, 0.05) is 43.2 Å². The number of likely N-dealkylation sites (tertiary alicyclic amines) is 1. The van der Waals surface area contributed by atoms with Crippen molar-refractivity contribution in [1.29, 1.82) is 0 Å². The molecule has 1 atom stereocenters. The monoisotopic (exact) mass is 401 g/mol. The Bertz CT molecular complexity index is 1000. The number of alkyl halides is 3. The Hall–Kier alpha value is -3.23. The highest BCUT2D eigenvalue weighted by molar-refractivity contribution is 5.92. The summed E-state index contributed by atoms with van der Waals surface area (Å²) >= 11 is 0. The lowest BCUT2D eigenvalue weighted by Crippen LogP contribution is -2.39. The normalized spacial score (nSPS) is 17.3. The largest absolute Gasteiger partial charge is 0.416 e. The maximum Gasteiger partial charge on any atom is 0.416 e. The molecule has 1 fully saturated rings. The lowest BCUT2D eigenvalue weighted by atomic mass is 9.91. The number of aromatic amines is 1. The maximum atomic E-state index is 13.1. The first kappa shape index (κ1) is 19.1. The number of carbonyl (C=O) groups excluding carboxylic acids is 1. The van der Waals surface area contributed by atoms with Crippen LogP contribution in [0.5, 0.6) is 0 Å². The van der Waals surface area contributed by atoms with Crippen LogP contribution in [0.2, 0.25) is 0 Å². The van der Waals surface area contributed by atoms with Gasteiger partial charge < -0.3 is 4.90 Å². The van der Waals surface area contributed by atoms with Crippen LogP contribution in [0, 0.1) is 0 Å². The highest BCUT2D eigenvalue weighted by Crippen LogP contribution is 2.35. The number of aromatic nitrogens is 4. The number of nitrogens with one attached hydrogen (secondary N) is 1. The van der Waals surface area contributed by atoms with Crippen molar-refractivity contribution >= 4 is 5.91 Å². The standard InChI is InChI=1S/C20H18F3N5O/c21-20(22,23)15-5-1-3-13(11-15)17-18(25-9-8-24-17)14-4-2-10-28(12-14)19(29)16-6-7-26-27-16/h1,3,5-9,11,14H,2,4,10,12H2,(H,26,27)/t14-/m0/s1. The number of carbonyl (C=O) groups is 1. The molecule has 0 aliphatic carbocycles. The first-order valence-corrected chi connectivity index (χ1v) is 9.20. The number of hydrogen-bond donors (Lipinski definition) is 1. The van der Waals surface area contributed by atoms with Crippen LogP contribution in [0.25, 0.3) is 11.3 Å². The highest BCUT2D eigenvalue weighted by atomic mass is 19.4. The molecular formula is C20H18F3N5O. The van der Waals surface area contributed by atoms with E-state index in [1.807, 2.05) is 0 Å². The van der Waals surface area contributed by atoms with Gasteiger partial charge in [-0.3, -0.25) is 19.9 Å². The Morgan fingerprint density at radius 1 is 1.14 bits per heavy atom. The molecule has 29 heavy (non-hydrogen) atoms. The fraction of sp³-hybridized carbons (Fsp3) is 0.300. The van der Waals surface area contributed by atoms with E-state index in [2.05, 4.69) is 20.2 Å². The number of benzene rings is 1. The molecule has 1 amide bonds. The third-order valence-electron chi connectivity index (χ3n) is 5.02. The van der Waals surface area contributed by atoms with E-state index in [1.54, 1.807) is 17.0 Å². The van der Waals surface area contributed by atoms with E-state index in [4.69, 9.17) is 0 Å². The minimum atomic E-state index is -4.43. The lowest BCUT2D eigenvalue weighted by Gasteiger charge is -2.32. The number of halogens is 3. The van der Waals surface area contributed by atoms with Crippen LogP contribution in [0.3, 0.4) is 0 Å². The minimum Gasteiger partial charge on any atom is -0.337 e. The number of hydrogen-bond acceptors (Lipinski definition) is 4. The first-order chi connectivity index (χ1) is 13.9. The molecule has 6 nitrogen and oxygen atoms in total. The molecular weight excluding hydrogens is 383 g/mol. The summed E-state index contributed by atoms with van der Waals surface area (Å²) in [7, 11) is 0. The highest BCUT2D eigenvalue weighted by Gasteiger charge is 2.32. The number of H-pyrrole nitrogens is 1. The minimum absolute atomic E-state index is 0.117. The van der Waals surface area contributed by atoms with Crippen molar-refractivity contribution in [2.75, 3.05) is 13.1 Å². The summed E-state index contributed by atoms with van der Waals surface area (Å²) in [5.74, 6) is -0.273. The van der Waals surface area contributed by atoms with Crippen molar-refractivity contribution < 1.29 is 18.0 Å². The Morgan fingerprint density at radius 3 is 2.72 bits per heavy atom. The molecule has 1 saturated heterocycles. The Morgan fingerprint density at radius 2 is 1.97 bits per heavy atom. The Balaban J connectivity index is 1.64. The second kappa shape index (κ2) is 7.65. The summed E-state index contributed by atoms with van der Waals surface area (Å²) < 4.78 is 39.4. The molecule has 1 N–H and O–H groups in total. The van der Waals surface area contributed by atoms with Crippen molar-refractivity contribution in [3.63, 3.8) is 0 Å². The number of nitrogens with zero attached hydrogens (tertiary/aromatic N) is 4. The topological polar surface area (TPSA) is 74.8 Å². The molecule has 0 spiro atoms. The molecule has 0 radical (unpaired) electrons. The lowest BCUT2D eigenvalue weighted by molar-refractivity contribution is -0.137. The predicted molar refractivity (Wildman–Crippen MR) is 98.9 cm³/mol. The van der Waals surface area contributed by atoms with Crippen molar-refractivity contribution in [1.82, 2.24) is 25.1 Å². The van der Waals surface area contributed by atoms with Gasteiger partial charge in [-0.25, -0.2) is 0 Å². The number of piperidine rings is 1. The van der Waals surface area contributed by atoms with Crippen LogP contribution < -0.4 is 0 Å². The summed E-state index contributed by atoms with van der Waals surface area (Å²) in [5, 5.41) is 6.48. The number of amides is 1. The van der Waals surface area contributed by atoms with E-state index in [1.165, 1.54) is 24.7 Å². The van der Waals surface area contributed by atoms with Crippen molar-refractivity contribution in [2.24, 2.45) is 0 Å². The van der Waals surface area contributed by atoms with Gasteiger partial charge in [-0.15, -0.1) is 0 Å². The molecule has 9 heteroatoms. The summed E-state index contributed by atoms with van der Waals surface area (Å²) in [4.78, 5) is 23.1. The van der Waals surface area contributed by atoms with Crippen LogP contribution in [0.1, 0.15) is 40.5 Å². The van der Waals surface area contributed by atoms with E-state index in [0.717, 1.165) is 25.0 Å². The molecule has 4 rings (SSSR count). The SMILES string of the molecule is O=C(c1ccn[nH]1)N1CCC[C@H](c2nccnc2-c2cccc(C(F)(F)F)c2)C1. The van der Waals surface area contributed by atoms with Gasteiger partial charge in [0.15, 0.2) is 0 Å². The average Bonchev–Trinajstić information content (AvgIpc) is 3.28. The van der Waals surface area contributed by atoms with E-state index in [9.17, 15) is 18.0 Å². The summed E-state index contributed by atoms with van der Waals surface area (Å²) in [6, 6.07) is 6.70. The van der Waals surface area contributed by atoms with Crippen LogP contribution in [0.4, 0.5) is 13.2 Å². The van der Waals surface area contributed by atoms with Gasteiger partial charge in [-0.2, -0.15) is 18.3 Å². The fourth-order valence-corrected chi connectivity index (χ4v) is 3.64. The smallest absolute Gasteiger partial charge is 0.337 e. The predicted octanol–water partition coefficient (Wildman–Crippen LogP) is 3.91. The fourth-order valence-electron chi connectivity index (χ4n) is 3.64. The first-order valence-electron chi connectivity index (χ1n) is 9.20. The number of rotatable bonds is 3. The van der Waals surface area contributed by atoms with Gasteiger partial charge in [-0.1, -0.05) is 12.1 Å². The van der Waals surface area contributed by atoms with Crippen molar-refractivity contribution in [2.45, 2.75) is 24.9 Å². The summed E-state index contributed by atoms with van der Waals surface area (Å²) in [6.07, 6.45) is 1.62. The molecule has 1 aromatic carbocycles. The molecule has 0 bridgehead atoms. The second-order valence-corrected chi connectivity index (χ2v) is 6.93. The van der Waals surface area contributed by atoms with Crippen LogP contribution >= 0.6 is 0 Å². The zero-order chi connectivity index (χ0) is 20.4. The van der Waals surface area contributed by atoms with Gasteiger partial charge in [0.25, 0.3) is 5.91 Å². The van der Waals surface area contributed by atoms with Gasteiger partial charge in [0.2, 0.25) is 0 Å². The van der Waals surface area contributed by atoms with E-state index in [-0.39, 0.29) is 11.8 Å². The van der Waals surface area contributed by atoms with Gasteiger partial charge in [0.1, 0.15) is 5.69 Å². The zero-order valence-corrected chi connectivity index (χ0v) is 15.4. The van der Waals surface area contributed by atoms with Crippen LogP contribution in [-0.2, 0) is 6.18 Å². The van der Waals surface area contributed by atoms with Crippen LogP contribution in [-0.4, -0.2) is 44.1 Å². The molecule has 150 valence electrons. The van der Waals surface area contributed by atoms with Crippen LogP contribution in [0.15, 0.2) is 48.9 Å². The second-order valence-electron chi connectivity index (χ2n) is 6.93. The molecule has 1 aliphatic rings. The molecule has 0 saturated carbocycles. The van der Waals surface area contributed by atoms with E-state index in [0.29, 0.717) is 35.7 Å². The molecule has 1 aliphatic heterocycles. The molecule has 0 unspecified atom stereocenters. The van der Waals surface area contributed by atoms with Crippen molar-refractivity contribution in [3.8, 4) is 11.3 Å². The maximum absolute atomic E-state index is 13.1. The Kier molecular flexibility index (Phi) is 5.04. The zero-order valence-electron chi connectivity index (χ0n) is 15.4. The Labute approximate surface area is 164 Å². The third-order valence-corrected chi connectivity index (χ3v) is 5.02. The van der Waals surface area contributed by atoms with E-state index >= 15 is 0 Å². The average molecular weight is 401 g/mol. The van der Waals surface area contributed by atoms with E-state index < -0.39 is 11.7 Å². The third kappa shape index (κ3) is 3.98. The van der Waals surface area contributed by atoms with Gasteiger partial charge in [-0.05, 0) is 31.0 Å². The van der Waals surface area contributed by atoms with Crippen molar-refractivity contribution in [3.05, 3.63) is 65.9 Å². The van der Waals surface area contributed by atoms with Gasteiger partial charge >= 0.3 is 6.18 Å². The summed E-state index contributed by atoms with van der Waals surface area (Å²) in [6.45, 7) is 1.02. The quantitative estimate of drug-likeness (QED) is 0.722. The van der Waals surface area contributed by atoms with Gasteiger partial charge in [0.05, 0.1) is 17.0 Å². The molecule has 3 heterocycles. The summed E-state index contributed by atoms with van der Waals surface area (Å²) in [5.41, 5.74) is 1.06.